The average molecular weight is 330 g/mol. The second-order valence-corrected chi connectivity index (χ2v) is 6.27. The molecule has 1 heterocycles. The SMILES string of the molecule is CCOC(=O)c1ccc(NC(=O)C2CC2C(=O)N2CCCC2)cc1. The van der Waals surface area contributed by atoms with Gasteiger partial charge in [-0.05, 0) is 50.5 Å². The Hall–Kier alpha value is -2.37. The number of carbonyl (C=O) groups is 3. The van der Waals surface area contributed by atoms with Gasteiger partial charge in [0.1, 0.15) is 0 Å². The lowest BCUT2D eigenvalue weighted by Crippen LogP contribution is -2.30. The molecule has 2 amide bonds. The molecule has 2 aliphatic rings. The summed E-state index contributed by atoms with van der Waals surface area (Å²) in [6, 6.07) is 6.58. The van der Waals surface area contributed by atoms with Gasteiger partial charge in [-0.1, -0.05) is 0 Å². The van der Waals surface area contributed by atoms with Gasteiger partial charge in [0.05, 0.1) is 24.0 Å². The zero-order chi connectivity index (χ0) is 17.1. The van der Waals surface area contributed by atoms with Crippen LogP contribution in [0.25, 0.3) is 0 Å². The van der Waals surface area contributed by atoms with Crippen LogP contribution in [-0.4, -0.2) is 42.4 Å². The van der Waals surface area contributed by atoms with E-state index in [0.29, 0.717) is 24.3 Å². The predicted octanol–water partition coefficient (Wildman–Crippen LogP) is 2.06. The first kappa shape index (κ1) is 16.5. The number of rotatable bonds is 5. The molecular formula is C18H22N2O4. The molecule has 0 radical (unpaired) electrons. The Kier molecular flexibility index (Phi) is 4.83. The second kappa shape index (κ2) is 7.03. The third-order valence-corrected chi connectivity index (χ3v) is 4.53. The number of likely N-dealkylation sites (tertiary alicyclic amines) is 1. The molecule has 0 spiro atoms. The monoisotopic (exact) mass is 330 g/mol. The Labute approximate surface area is 141 Å². The second-order valence-electron chi connectivity index (χ2n) is 6.27. The van der Waals surface area contributed by atoms with Crippen LogP contribution in [0.4, 0.5) is 5.69 Å². The zero-order valence-corrected chi connectivity index (χ0v) is 13.8. The Morgan fingerprint density at radius 2 is 1.79 bits per heavy atom. The molecule has 3 rings (SSSR count). The van der Waals surface area contributed by atoms with E-state index in [0.717, 1.165) is 25.9 Å². The smallest absolute Gasteiger partial charge is 0.338 e. The molecule has 6 heteroatoms. The number of anilines is 1. The number of hydrogen-bond acceptors (Lipinski definition) is 4. The summed E-state index contributed by atoms with van der Waals surface area (Å²) in [5, 5.41) is 2.82. The molecule has 128 valence electrons. The maximum atomic E-state index is 12.3. The highest BCUT2D eigenvalue weighted by atomic mass is 16.5. The number of carbonyl (C=O) groups excluding carboxylic acids is 3. The topological polar surface area (TPSA) is 75.7 Å². The molecule has 1 aliphatic carbocycles. The highest BCUT2D eigenvalue weighted by Crippen LogP contribution is 2.41. The molecular weight excluding hydrogens is 308 g/mol. The summed E-state index contributed by atoms with van der Waals surface area (Å²) in [6.45, 7) is 3.71. The van der Waals surface area contributed by atoms with Crippen molar-refractivity contribution in [3.8, 4) is 0 Å². The largest absolute Gasteiger partial charge is 0.462 e. The first-order valence-corrected chi connectivity index (χ1v) is 8.47. The molecule has 6 nitrogen and oxygen atoms in total. The molecule has 1 aliphatic heterocycles. The van der Waals surface area contributed by atoms with Crippen LogP contribution in [0.15, 0.2) is 24.3 Å². The minimum absolute atomic E-state index is 0.116. The molecule has 0 aromatic heterocycles. The molecule has 2 fully saturated rings. The van der Waals surface area contributed by atoms with Crippen LogP contribution >= 0.6 is 0 Å². The fourth-order valence-corrected chi connectivity index (χ4v) is 3.07. The van der Waals surface area contributed by atoms with Gasteiger partial charge in [0.15, 0.2) is 0 Å². The van der Waals surface area contributed by atoms with Crippen LogP contribution in [0.3, 0.4) is 0 Å². The lowest BCUT2D eigenvalue weighted by atomic mass is 10.2. The Bertz CT molecular complexity index is 635. The van der Waals surface area contributed by atoms with E-state index in [1.165, 1.54) is 0 Å². The summed E-state index contributed by atoms with van der Waals surface area (Å²) < 4.78 is 4.92. The number of nitrogens with zero attached hydrogens (tertiary/aromatic N) is 1. The average Bonchev–Trinajstić information content (AvgIpc) is 3.20. The van der Waals surface area contributed by atoms with Crippen LogP contribution in [0.5, 0.6) is 0 Å². The van der Waals surface area contributed by atoms with Crippen molar-refractivity contribution in [2.24, 2.45) is 11.8 Å². The van der Waals surface area contributed by atoms with E-state index in [1.54, 1.807) is 31.2 Å². The fraction of sp³-hybridized carbons (Fsp3) is 0.500. The fourth-order valence-electron chi connectivity index (χ4n) is 3.07. The summed E-state index contributed by atoms with van der Waals surface area (Å²) >= 11 is 0. The molecule has 2 atom stereocenters. The minimum Gasteiger partial charge on any atom is -0.462 e. The van der Waals surface area contributed by atoms with Gasteiger partial charge < -0.3 is 15.0 Å². The molecule has 1 saturated heterocycles. The molecule has 1 aromatic rings. The van der Waals surface area contributed by atoms with E-state index in [-0.39, 0.29) is 29.6 Å². The van der Waals surface area contributed by atoms with Crippen LogP contribution in [0.2, 0.25) is 0 Å². The number of nitrogens with one attached hydrogen (secondary N) is 1. The van der Waals surface area contributed by atoms with Crippen molar-refractivity contribution in [2.45, 2.75) is 26.2 Å². The van der Waals surface area contributed by atoms with Gasteiger partial charge in [0.2, 0.25) is 11.8 Å². The predicted molar refractivity (Wildman–Crippen MR) is 88.4 cm³/mol. The first-order valence-electron chi connectivity index (χ1n) is 8.47. The summed E-state index contributed by atoms with van der Waals surface area (Å²) in [7, 11) is 0. The molecule has 24 heavy (non-hydrogen) atoms. The molecule has 2 unspecified atom stereocenters. The van der Waals surface area contributed by atoms with Gasteiger partial charge in [0.25, 0.3) is 0 Å². The lowest BCUT2D eigenvalue weighted by molar-refractivity contribution is -0.133. The number of amides is 2. The van der Waals surface area contributed by atoms with Crippen LogP contribution < -0.4 is 5.32 Å². The zero-order valence-electron chi connectivity index (χ0n) is 13.8. The van der Waals surface area contributed by atoms with Crippen molar-refractivity contribution < 1.29 is 19.1 Å². The van der Waals surface area contributed by atoms with Gasteiger partial charge >= 0.3 is 5.97 Å². The van der Waals surface area contributed by atoms with Gasteiger partial charge in [-0.15, -0.1) is 0 Å². The number of hydrogen-bond donors (Lipinski definition) is 1. The van der Waals surface area contributed by atoms with E-state index in [4.69, 9.17) is 4.74 Å². The van der Waals surface area contributed by atoms with Crippen LogP contribution in [-0.2, 0) is 14.3 Å². The number of benzene rings is 1. The van der Waals surface area contributed by atoms with Crippen molar-refractivity contribution in [2.75, 3.05) is 25.0 Å². The standard InChI is InChI=1S/C18H22N2O4/c1-2-24-18(23)12-5-7-13(8-6-12)19-16(21)14-11-15(14)17(22)20-9-3-4-10-20/h5-8,14-15H,2-4,9-11H2,1H3,(H,19,21). The maximum Gasteiger partial charge on any atom is 0.338 e. The van der Waals surface area contributed by atoms with Gasteiger partial charge in [-0.3, -0.25) is 9.59 Å². The Morgan fingerprint density at radius 3 is 2.42 bits per heavy atom. The molecule has 1 aromatic carbocycles. The number of esters is 1. The normalized spacial score (nSPS) is 22.1. The van der Waals surface area contributed by atoms with E-state index < -0.39 is 0 Å². The van der Waals surface area contributed by atoms with Crippen molar-refractivity contribution in [1.29, 1.82) is 0 Å². The summed E-state index contributed by atoms with van der Waals surface area (Å²) in [6.07, 6.45) is 2.74. The van der Waals surface area contributed by atoms with Crippen molar-refractivity contribution in [3.63, 3.8) is 0 Å². The van der Waals surface area contributed by atoms with Crippen molar-refractivity contribution >= 4 is 23.5 Å². The van der Waals surface area contributed by atoms with Gasteiger partial charge in [-0.25, -0.2) is 4.79 Å². The van der Waals surface area contributed by atoms with Crippen molar-refractivity contribution in [3.05, 3.63) is 29.8 Å². The van der Waals surface area contributed by atoms with E-state index >= 15 is 0 Å². The van der Waals surface area contributed by atoms with Crippen LogP contribution in [0, 0.1) is 11.8 Å². The summed E-state index contributed by atoms with van der Waals surface area (Å²) in [5.74, 6) is -0.791. The van der Waals surface area contributed by atoms with E-state index in [2.05, 4.69) is 5.32 Å². The summed E-state index contributed by atoms with van der Waals surface area (Å²) in [5.41, 5.74) is 1.07. The quantitative estimate of drug-likeness (QED) is 0.839. The third kappa shape index (κ3) is 3.58. The summed E-state index contributed by atoms with van der Waals surface area (Å²) in [4.78, 5) is 38.0. The molecule has 1 N–H and O–H groups in total. The highest BCUT2D eigenvalue weighted by molar-refractivity contribution is 6.00. The molecule has 1 saturated carbocycles. The first-order chi connectivity index (χ1) is 11.6. The van der Waals surface area contributed by atoms with E-state index in [1.807, 2.05) is 4.90 Å². The number of ether oxygens (including phenoxy) is 1. The maximum absolute atomic E-state index is 12.3. The van der Waals surface area contributed by atoms with Gasteiger partial charge in [0, 0.05) is 18.8 Å². The third-order valence-electron chi connectivity index (χ3n) is 4.53. The van der Waals surface area contributed by atoms with E-state index in [9.17, 15) is 14.4 Å². The highest BCUT2D eigenvalue weighted by Gasteiger charge is 2.49. The Balaban J connectivity index is 1.52. The Morgan fingerprint density at radius 1 is 1.12 bits per heavy atom. The van der Waals surface area contributed by atoms with Crippen molar-refractivity contribution in [1.82, 2.24) is 4.90 Å². The lowest BCUT2D eigenvalue weighted by Gasteiger charge is -2.14. The van der Waals surface area contributed by atoms with Gasteiger partial charge in [-0.2, -0.15) is 0 Å². The van der Waals surface area contributed by atoms with Crippen LogP contribution in [0.1, 0.15) is 36.5 Å². The minimum atomic E-state index is -0.381. The molecule has 0 bridgehead atoms.